The van der Waals surface area contributed by atoms with Crippen LogP contribution >= 0.6 is 15.9 Å². The number of H-pyrrole nitrogens is 1. The monoisotopic (exact) mass is 294 g/mol. The molecular formula is C11H11BrN4O. The lowest BCUT2D eigenvalue weighted by molar-refractivity contribution is 0.439. The summed E-state index contributed by atoms with van der Waals surface area (Å²) in [6, 6.07) is 3.57. The van der Waals surface area contributed by atoms with Crippen molar-refractivity contribution in [2.75, 3.05) is 0 Å². The van der Waals surface area contributed by atoms with Gasteiger partial charge in [-0.3, -0.25) is 5.10 Å². The van der Waals surface area contributed by atoms with Crippen LogP contribution in [-0.2, 0) is 0 Å². The van der Waals surface area contributed by atoms with Crippen LogP contribution < -0.4 is 4.74 Å². The first kappa shape index (κ1) is 10.7. The second-order valence-electron chi connectivity index (χ2n) is 4.15. The van der Waals surface area contributed by atoms with Crippen LogP contribution in [0.5, 0.6) is 11.8 Å². The summed E-state index contributed by atoms with van der Waals surface area (Å²) < 4.78 is 6.32. The molecular weight excluding hydrogens is 284 g/mol. The Bertz CT molecular complexity index is 550. The fourth-order valence-corrected chi connectivity index (χ4v) is 1.92. The van der Waals surface area contributed by atoms with Crippen molar-refractivity contribution in [2.45, 2.75) is 25.7 Å². The van der Waals surface area contributed by atoms with Gasteiger partial charge in [-0.05, 0) is 35.7 Å². The number of hydrogen-bond donors (Lipinski definition) is 1. The molecule has 0 aromatic carbocycles. The Morgan fingerprint density at radius 2 is 2.12 bits per heavy atom. The van der Waals surface area contributed by atoms with Crippen molar-refractivity contribution in [3.8, 4) is 11.8 Å². The van der Waals surface area contributed by atoms with Crippen LogP contribution in [0, 0.1) is 6.92 Å². The summed E-state index contributed by atoms with van der Waals surface area (Å²) in [6.07, 6.45) is 2.33. The fraction of sp³-hybridized carbons (Fsp3) is 0.364. The van der Waals surface area contributed by atoms with Gasteiger partial charge in [0.25, 0.3) is 0 Å². The maximum Gasteiger partial charge on any atom is 0.240 e. The molecule has 0 spiro atoms. The van der Waals surface area contributed by atoms with E-state index in [1.165, 1.54) is 0 Å². The van der Waals surface area contributed by atoms with Gasteiger partial charge in [0.1, 0.15) is 10.4 Å². The normalized spacial score (nSPS) is 14.9. The van der Waals surface area contributed by atoms with Gasteiger partial charge >= 0.3 is 0 Å². The highest BCUT2D eigenvalue weighted by atomic mass is 79.9. The third kappa shape index (κ3) is 2.46. The number of aromatic nitrogens is 4. The van der Waals surface area contributed by atoms with Crippen LogP contribution in [0.2, 0.25) is 0 Å². The number of nitrogens with zero attached hydrogens (tertiary/aromatic N) is 3. The SMILES string of the molecule is Cc1cc(Oc2cc(Br)nc(C3CC3)n2)n[nH]1. The quantitative estimate of drug-likeness (QED) is 0.884. The van der Waals surface area contributed by atoms with E-state index in [0.717, 1.165) is 29.0 Å². The molecule has 0 radical (unpaired) electrons. The lowest BCUT2D eigenvalue weighted by Crippen LogP contribution is -1.96. The van der Waals surface area contributed by atoms with E-state index in [1.807, 2.05) is 13.0 Å². The molecule has 0 unspecified atom stereocenters. The van der Waals surface area contributed by atoms with E-state index in [9.17, 15) is 0 Å². The van der Waals surface area contributed by atoms with E-state index >= 15 is 0 Å². The first-order valence-electron chi connectivity index (χ1n) is 5.45. The number of aromatic amines is 1. The van der Waals surface area contributed by atoms with Gasteiger partial charge in [0, 0.05) is 23.7 Å². The van der Waals surface area contributed by atoms with Crippen molar-refractivity contribution < 1.29 is 4.74 Å². The van der Waals surface area contributed by atoms with Gasteiger partial charge in [-0.2, -0.15) is 4.98 Å². The molecule has 0 atom stereocenters. The van der Waals surface area contributed by atoms with Gasteiger partial charge in [-0.1, -0.05) is 0 Å². The average molecular weight is 295 g/mol. The lowest BCUT2D eigenvalue weighted by atomic mass is 10.4. The smallest absolute Gasteiger partial charge is 0.240 e. The zero-order valence-electron chi connectivity index (χ0n) is 9.27. The average Bonchev–Trinajstić information content (AvgIpc) is 3.03. The third-order valence-electron chi connectivity index (χ3n) is 2.52. The van der Waals surface area contributed by atoms with E-state index in [-0.39, 0.29) is 0 Å². The molecule has 0 bridgehead atoms. The van der Waals surface area contributed by atoms with Gasteiger partial charge in [0.15, 0.2) is 0 Å². The summed E-state index contributed by atoms with van der Waals surface area (Å²) in [6.45, 7) is 1.92. The highest BCUT2D eigenvalue weighted by Gasteiger charge is 2.27. The van der Waals surface area contributed by atoms with Crippen molar-refractivity contribution in [1.29, 1.82) is 0 Å². The minimum absolute atomic E-state index is 0.496. The molecule has 6 heteroatoms. The summed E-state index contributed by atoms with van der Waals surface area (Å²) in [7, 11) is 0. The Labute approximate surface area is 107 Å². The highest BCUT2D eigenvalue weighted by Crippen LogP contribution is 2.39. The Hall–Kier alpha value is -1.43. The van der Waals surface area contributed by atoms with Crippen molar-refractivity contribution >= 4 is 15.9 Å². The summed E-state index contributed by atoms with van der Waals surface area (Å²) in [5, 5.41) is 6.83. The Morgan fingerprint density at radius 1 is 1.29 bits per heavy atom. The molecule has 3 rings (SSSR count). The zero-order valence-corrected chi connectivity index (χ0v) is 10.9. The molecule has 1 N–H and O–H groups in total. The number of aryl methyl sites for hydroxylation is 1. The molecule has 0 amide bonds. The number of ether oxygens (including phenoxy) is 1. The second kappa shape index (κ2) is 4.10. The van der Waals surface area contributed by atoms with Gasteiger partial charge in [0.05, 0.1) is 0 Å². The number of rotatable bonds is 3. The molecule has 17 heavy (non-hydrogen) atoms. The van der Waals surface area contributed by atoms with Crippen LogP contribution in [0.1, 0.15) is 30.3 Å². The van der Waals surface area contributed by atoms with Crippen LogP contribution in [0.25, 0.3) is 0 Å². The second-order valence-corrected chi connectivity index (χ2v) is 4.97. The van der Waals surface area contributed by atoms with Gasteiger partial charge in [-0.25, -0.2) is 4.98 Å². The largest absolute Gasteiger partial charge is 0.419 e. The molecule has 2 aromatic heterocycles. The van der Waals surface area contributed by atoms with Crippen molar-refractivity contribution in [1.82, 2.24) is 20.2 Å². The summed E-state index contributed by atoms with van der Waals surface area (Å²) in [5.74, 6) is 2.40. The van der Waals surface area contributed by atoms with Crippen LogP contribution in [0.15, 0.2) is 16.7 Å². The summed E-state index contributed by atoms with van der Waals surface area (Å²) >= 11 is 3.37. The Kier molecular flexibility index (Phi) is 2.58. The molecule has 0 saturated heterocycles. The molecule has 1 fully saturated rings. The number of halogens is 1. The number of nitrogens with one attached hydrogen (secondary N) is 1. The van der Waals surface area contributed by atoms with E-state index in [0.29, 0.717) is 17.7 Å². The standard InChI is InChI=1S/C11H11BrN4O/c1-6-4-10(16-15-6)17-9-5-8(12)13-11(14-9)7-2-3-7/h4-5,7H,2-3H2,1H3,(H,15,16). The first-order valence-corrected chi connectivity index (χ1v) is 6.24. The summed E-state index contributed by atoms with van der Waals surface area (Å²) in [5.41, 5.74) is 0.954. The van der Waals surface area contributed by atoms with Crippen LogP contribution in [0.3, 0.4) is 0 Å². The lowest BCUT2D eigenvalue weighted by Gasteiger charge is -2.03. The Balaban J connectivity index is 1.86. The predicted molar refractivity (Wildman–Crippen MR) is 65.1 cm³/mol. The molecule has 1 aliphatic carbocycles. The molecule has 1 aliphatic rings. The van der Waals surface area contributed by atoms with Crippen molar-refractivity contribution in [3.63, 3.8) is 0 Å². The van der Waals surface area contributed by atoms with Crippen LogP contribution in [-0.4, -0.2) is 20.2 Å². The molecule has 2 aromatic rings. The third-order valence-corrected chi connectivity index (χ3v) is 2.93. The van der Waals surface area contributed by atoms with E-state index in [1.54, 1.807) is 6.07 Å². The minimum Gasteiger partial charge on any atom is -0.419 e. The fourth-order valence-electron chi connectivity index (χ4n) is 1.54. The zero-order chi connectivity index (χ0) is 11.8. The van der Waals surface area contributed by atoms with Gasteiger partial charge < -0.3 is 4.74 Å². The maximum absolute atomic E-state index is 5.58. The van der Waals surface area contributed by atoms with Crippen molar-refractivity contribution in [3.05, 3.63) is 28.3 Å². The first-order chi connectivity index (χ1) is 8.20. The molecule has 0 aliphatic heterocycles. The van der Waals surface area contributed by atoms with Crippen molar-refractivity contribution in [2.24, 2.45) is 0 Å². The van der Waals surface area contributed by atoms with E-state index < -0.39 is 0 Å². The predicted octanol–water partition coefficient (Wildman–Crippen LogP) is 2.94. The number of hydrogen-bond acceptors (Lipinski definition) is 4. The molecule has 2 heterocycles. The highest BCUT2D eigenvalue weighted by molar-refractivity contribution is 9.10. The van der Waals surface area contributed by atoms with E-state index in [2.05, 4.69) is 36.1 Å². The van der Waals surface area contributed by atoms with E-state index in [4.69, 9.17) is 4.74 Å². The molecule has 5 nitrogen and oxygen atoms in total. The van der Waals surface area contributed by atoms with Gasteiger partial charge in [-0.15, -0.1) is 5.10 Å². The maximum atomic E-state index is 5.58. The van der Waals surface area contributed by atoms with Crippen LogP contribution in [0.4, 0.5) is 0 Å². The van der Waals surface area contributed by atoms with Gasteiger partial charge in [0.2, 0.25) is 11.8 Å². The summed E-state index contributed by atoms with van der Waals surface area (Å²) in [4.78, 5) is 8.72. The molecule has 88 valence electrons. The Morgan fingerprint density at radius 3 is 2.76 bits per heavy atom. The minimum atomic E-state index is 0.496. The topological polar surface area (TPSA) is 63.7 Å². The molecule has 1 saturated carbocycles.